The highest BCUT2D eigenvalue weighted by molar-refractivity contribution is 6.31. The lowest BCUT2D eigenvalue weighted by Crippen LogP contribution is -2.14. The Bertz CT molecular complexity index is 1200. The summed E-state index contributed by atoms with van der Waals surface area (Å²) in [6.45, 7) is 2.06. The third-order valence-corrected chi connectivity index (χ3v) is 5.12. The summed E-state index contributed by atoms with van der Waals surface area (Å²) in [5.41, 5.74) is 3.69. The van der Waals surface area contributed by atoms with E-state index in [2.05, 4.69) is 17.2 Å². The number of hydrogen-bond donors (Lipinski definition) is 2. The molecule has 29 heavy (non-hydrogen) atoms. The SMILES string of the molecule is CCc1ccc(C(=O)Nc2c(C(=O)c3ccccc3)[nH]c3cc(Cl)ccc23)cc1. The lowest BCUT2D eigenvalue weighted by atomic mass is 10.1. The first-order valence-electron chi connectivity index (χ1n) is 9.38. The summed E-state index contributed by atoms with van der Waals surface area (Å²) in [7, 11) is 0. The van der Waals surface area contributed by atoms with E-state index in [4.69, 9.17) is 11.6 Å². The predicted octanol–water partition coefficient (Wildman–Crippen LogP) is 5.87. The van der Waals surface area contributed by atoms with Gasteiger partial charge in [-0.25, -0.2) is 0 Å². The van der Waals surface area contributed by atoms with Crippen molar-refractivity contribution in [2.24, 2.45) is 0 Å². The summed E-state index contributed by atoms with van der Waals surface area (Å²) >= 11 is 6.11. The molecule has 1 aromatic heterocycles. The number of carbonyl (C=O) groups excluding carboxylic acids is 2. The van der Waals surface area contributed by atoms with Crippen LogP contribution in [0.1, 0.15) is 38.9 Å². The van der Waals surface area contributed by atoms with Crippen LogP contribution in [0, 0.1) is 0 Å². The van der Waals surface area contributed by atoms with Crippen LogP contribution < -0.4 is 5.32 Å². The molecule has 0 aliphatic heterocycles. The van der Waals surface area contributed by atoms with E-state index in [0.29, 0.717) is 33.0 Å². The molecule has 0 saturated carbocycles. The Labute approximate surface area is 173 Å². The summed E-state index contributed by atoms with van der Waals surface area (Å²) in [6, 6.07) is 21.7. The second-order valence-electron chi connectivity index (χ2n) is 6.76. The minimum absolute atomic E-state index is 0.199. The fourth-order valence-corrected chi connectivity index (χ4v) is 3.45. The number of rotatable bonds is 5. The highest BCUT2D eigenvalue weighted by Gasteiger charge is 2.21. The van der Waals surface area contributed by atoms with Crippen LogP contribution in [-0.2, 0) is 6.42 Å². The molecule has 0 bridgehead atoms. The number of aryl methyl sites for hydroxylation is 1. The van der Waals surface area contributed by atoms with Crippen molar-refractivity contribution in [2.45, 2.75) is 13.3 Å². The topological polar surface area (TPSA) is 62.0 Å². The van der Waals surface area contributed by atoms with Crippen LogP contribution in [0.2, 0.25) is 5.02 Å². The highest BCUT2D eigenvalue weighted by Crippen LogP contribution is 2.31. The molecule has 0 aliphatic rings. The summed E-state index contributed by atoms with van der Waals surface area (Å²) in [6.07, 6.45) is 0.904. The zero-order valence-electron chi connectivity index (χ0n) is 15.8. The first-order chi connectivity index (χ1) is 14.1. The Hall–Kier alpha value is -3.37. The molecule has 4 aromatic rings. The summed E-state index contributed by atoms with van der Waals surface area (Å²) < 4.78 is 0. The van der Waals surface area contributed by atoms with Crippen LogP contribution >= 0.6 is 11.6 Å². The Kier molecular flexibility index (Phi) is 5.19. The number of amides is 1. The molecule has 0 radical (unpaired) electrons. The van der Waals surface area contributed by atoms with Crippen molar-refractivity contribution in [3.63, 3.8) is 0 Å². The minimum atomic E-state index is -0.273. The Morgan fingerprint density at radius 1 is 0.931 bits per heavy atom. The van der Waals surface area contributed by atoms with Gasteiger partial charge >= 0.3 is 0 Å². The third-order valence-electron chi connectivity index (χ3n) is 4.89. The van der Waals surface area contributed by atoms with Crippen molar-refractivity contribution in [1.29, 1.82) is 0 Å². The number of aromatic nitrogens is 1. The van der Waals surface area contributed by atoms with Crippen molar-refractivity contribution < 1.29 is 9.59 Å². The van der Waals surface area contributed by atoms with Gasteiger partial charge in [-0.05, 0) is 42.3 Å². The Morgan fingerprint density at radius 3 is 2.34 bits per heavy atom. The van der Waals surface area contributed by atoms with E-state index in [1.165, 1.54) is 0 Å². The van der Waals surface area contributed by atoms with E-state index in [0.717, 1.165) is 17.4 Å². The van der Waals surface area contributed by atoms with Gasteiger partial charge < -0.3 is 10.3 Å². The number of nitrogens with one attached hydrogen (secondary N) is 2. The zero-order chi connectivity index (χ0) is 20.4. The predicted molar refractivity (Wildman–Crippen MR) is 117 cm³/mol. The molecule has 3 aromatic carbocycles. The number of anilines is 1. The van der Waals surface area contributed by atoms with E-state index in [-0.39, 0.29) is 11.7 Å². The lowest BCUT2D eigenvalue weighted by molar-refractivity contribution is 0.102. The zero-order valence-corrected chi connectivity index (χ0v) is 16.6. The maximum Gasteiger partial charge on any atom is 0.255 e. The van der Waals surface area contributed by atoms with Crippen LogP contribution in [0.5, 0.6) is 0 Å². The number of ketones is 1. The van der Waals surface area contributed by atoms with E-state index < -0.39 is 0 Å². The molecule has 0 fully saturated rings. The molecule has 144 valence electrons. The quantitative estimate of drug-likeness (QED) is 0.410. The standard InChI is InChI=1S/C24H19ClN2O2/c1-2-15-8-10-17(11-9-15)24(29)27-21-19-13-12-18(25)14-20(19)26-22(21)23(28)16-6-4-3-5-7-16/h3-14,26H,2H2,1H3,(H,27,29). The lowest BCUT2D eigenvalue weighted by Gasteiger charge is -2.08. The molecule has 0 unspecified atom stereocenters. The van der Waals surface area contributed by atoms with Crippen molar-refractivity contribution in [3.05, 3.63) is 100 Å². The van der Waals surface area contributed by atoms with Crippen molar-refractivity contribution in [1.82, 2.24) is 4.98 Å². The molecular formula is C24H19ClN2O2. The average Bonchev–Trinajstić information content (AvgIpc) is 3.11. The van der Waals surface area contributed by atoms with E-state index in [9.17, 15) is 9.59 Å². The van der Waals surface area contributed by atoms with E-state index in [1.54, 1.807) is 54.6 Å². The third kappa shape index (κ3) is 3.80. The van der Waals surface area contributed by atoms with Gasteiger partial charge in [-0.15, -0.1) is 0 Å². The summed E-state index contributed by atoms with van der Waals surface area (Å²) in [5, 5.41) is 4.20. The van der Waals surface area contributed by atoms with Gasteiger partial charge in [-0.3, -0.25) is 9.59 Å². The maximum atomic E-state index is 13.1. The van der Waals surface area contributed by atoms with Gasteiger partial charge in [0.05, 0.1) is 5.69 Å². The molecule has 4 rings (SSSR count). The van der Waals surface area contributed by atoms with E-state index in [1.807, 2.05) is 18.2 Å². The Balaban J connectivity index is 1.77. The van der Waals surface area contributed by atoms with Crippen molar-refractivity contribution in [2.75, 3.05) is 5.32 Å². The van der Waals surface area contributed by atoms with Crippen molar-refractivity contribution in [3.8, 4) is 0 Å². The molecule has 1 heterocycles. The van der Waals surface area contributed by atoms with Gasteiger partial charge in [-0.1, -0.05) is 61.0 Å². The van der Waals surface area contributed by atoms with Crippen LogP contribution in [0.15, 0.2) is 72.8 Å². The summed E-state index contributed by atoms with van der Waals surface area (Å²) in [5.74, 6) is -0.472. The molecule has 2 N–H and O–H groups in total. The first kappa shape index (κ1) is 19.0. The second kappa shape index (κ2) is 7.94. The molecule has 0 saturated heterocycles. The molecule has 1 amide bonds. The van der Waals surface area contributed by atoms with Crippen LogP contribution in [0.4, 0.5) is 5.69 Å². The summed E-state index contributed by atoms with van der Waals surface area (Å²) in [4.78, 5) is 29.1. The maximum absolute atomic E-state index is 13.1. The van der Waals surface area contributed by atoms with Gasteiger partial charge in [0.2, 0.25) is 5.78 Å². The largest absolute Gasteiger partial charge is 0.350 e. The molecule has 0 atom stereocenters. The minimum Gasteiger partial charge on any atom is -0.350 e. The fourth-order valence-electron chi connectivity index (χ4n) is 3.28. The van der Waals surface area contributed by atoms with Gasteiger partial charge in [0.25, 0.3) is 5.91 Å². The number of benzene rings is 3. The second-order valence-corrected chi connectivity index (χ2v) is 7.20. The molecule has 0 aliphatic carbocycles. The molecule has 5 heteroatoms. The van der Waals surface area contributed by atoms with Gasteiger partial charge in [0.15, 0.2) is 0 Å². The number of H-pyrrole nitrogens is 1. The monoisotopic (exact) mass is 402 g/mol. The van der Waals surface area contributed by atoms with Gasteiger partial charge in [0.1, 0.15) is 5.69 Å². The van der Waals surface area contributed by atoms with Crippen LogP contribution in [0.25, 0.3) is 10.9 Å². The normalized spacial score (nSPS) is 10.8. The smallest absolute Gasteiger partial charge is 0.255 e. The first-order valence-corrected chi connectivity index (χ1v) is 9.76. The molecular weight excluding hydrogens is 384 g/mol. The van der Waals surface area contributed by atoms with Crippen LogP contribution in [0.3, 0.4) is 0 Å². The van der Waals surface area contributed by atoms with Gasteiger partial charge in [0, 0.05) is 27.1 Å². The average molecular weight is 403 g/mol. The highest BCUT2D eigenvalue weighted by atomic mass is 35.5. The van der Waals surface area contributed by atoms with E-state index >= 15 is 0 Å². The number of halogens is 1. The Morgan fingerprint density at radius 2 is 1.66 bits per heavy atom. The number of aromatic amines is 1. The number of fused-ring (bicyclic) bond motifs is 1. The van der Waals surface area contributed by atoms with Crippen molar-refractivity contribution >= 4 is 39.9 Å². The molecule has 0 spiro atoms. The molecule has 4 nitrogen and oxygen atoms in total. The van der Waals surface area contributed by atoms with Gasteiger partial charge in [-0.2, -0.15) is 0 Å². The number of carbonyl (C=O) groups is 2. The number of hydrogen-bond acceptors (Lipinski definition) is 2. The van der Waals surface area contributed by atoms with Crippen LogP contribution in [-0.4, -0.2) is 16.7 Å². The fraction of sp³-hybridized carbons (Fsp3) is 0.0833.